The summed E-state index contributed by atoms with van der Waals surface area (Å²) < 4.78 is 8.17. The van der Waals surface area contributed by atoms with Crippen molar-refractivity contribution in [2.45, 2.75) is 58.4 Å². The van der Waals surface area contributed by atoms with E-state index in [9.17, 15) is 9.90 Å². The molecule has 3 aromatic rings. The first-order valence-corrected chi connectivity index (χ1v) is 12.0. The Morgan fingerprint density at radius 1 is 1.03 bits per heavy atom. The van der Waals surface area contributed by atoms with Crippen LogP contribution in [0.25, 0.3) is 11.1 Å². The standard InChI is InChI=1S/C29H34N2O3/c1-5-31-21(2)17-26(18-28(31)33)25-13-11-24(12-14-25)23(4)30-16-15-29(34-20-30,19-22(3)32)27-9-7-6-8-10-27/h6-18,22-23,32H,5,19-20H2,1-4H3/t22?,23-,29+/m0/s1. The van der Waals surface area contributed by atoms with Gasteiger partial charge in [-0.05, 0) is 62.1 Å². The lowest BCUT2D eigenvalue weighted by molar-refractivity contribution is -0.1000. The summed E-state index contributed by atoms with van der Waals surface area (Å²) in [6, 6.07) is 22.3. The van der Waals surface area contributed by atoms with Crippen molar-refractivity contribution in [1.29, 1.82) is 0 Å². The van der Waals surface area contributed by atoms with E-state index >= 15 is 0 Å². The van der Waals surface area contributed by atoms with Crippen LogP contribution in [0.2, 0.25) is 0 Å². The molecule has 0 bridgehead atoms. The SMILES string of the molecule is CCn1c(C)cc(-c2ccc([C@H](C)N3C=C[C@@](CC(C)O)(c4ccccc4)OC3)cc2)cc1=O. The van der Waals surface area contributed by atoms with E-state index in [1.807, 2.05) is 44.2 Å². The zero-order valence-electron chi connectivity index (χ0n) is 20.4. The van der Waals surface area contributed by atoms with Crippen molar-refractivity contribution in [3.8, 4) is 11.1 Å². The number of aliphatic hydroxyl groups is 1. The smallest absolute Gasteiger partial charge is 0.251 e. The van der Waals surface area contributed by atoms with Crippen molar-refractivity contribution < 1.29 is 9.84 Å². The van der Waals surface area contributed by atoms with Crippen molar-refractivity contribution in [3.05, 3.63) is 106 Å². The van der Waals surface area contributed by atoms with Crippen LogP contribution in [0.15, 0.2) is 83.8 Å². The van der Waals surface area contributed by atoms with Crippen LogP contribution >= 0.6 is 0 Å². The van der Waals surface area contributed by atoms with Crippen LogP contribution in [0, 0.1) is 6.92 Å². The summed E-state index contributed by atoms with van der Waals surface area (Å²) in [5.74, 6) is 0. The van der Waals surface area contributed by atoms with E-state index in [1.54, 1.807) is 17.6 Å². The van der Waals surface area contributed by atoms with Gasteiger partial charge in [-0.1, -0.05) is 54.6 Å². The average molecular weight is 459 g/mol. The molecule has 2 aromatic carbocycles. The van der Waals surface area contributed by atoms with Gasteiger partial charge < -0.3 is 19.3 Å². The van der Waals surface area contributed by atoms with Gasteiger partial charge in [-0.3, -0.25) is 4.79 Å². The van der Waals surface area contributed by atoms with Gasteiger partial charge in [0.05, 0.1) is 12.1 Å². The number of hydrogen-bond donors (Lipinski definition) is 1. The lowest BCUT2D eigenvalue weighted by Crippen LogP contribution is -2.40. The maximum absolute atomic E-state index is 12.4. The predicted octanol–water partition coefficient (Wildman–Crippen LogP) is 5.37. The second-order valence-corrected chi connectivity index (χ2v) is 9.18. The molecule has 0 amide bonds. The zero-order valence-corrected chi connectivity index (χ0v) is 20.4. The molecule has 3 atom stereocenters. The Morgan fingerprint density at radius 3 is 2.29 bits per heavy atom. The van der Waals surface area contributed by atoms with Crippen LogP contribution in [0.4, 0.5) is 0 Å². The van der Waals surface area contributed by atoms with E-state index < -0.39 is 11.7 Å². The quantitative estimate of drug-likeness (QED) is 0.517. The molecule has 0 radical (unpaired) electrons. The third kappa shape index (κ3) is 4.86. The van der Waals surface area contributed by atoms with Gasteiger partial charge in [0.2, 0.25) is 0 Å². The Hall–Kier alpha value is -3.15. The zero-order chi connectivity index (χ0) is 24.3. The number of ether oxygens (including phenoxy) is 1. The Bertz CT molecular complexity index is 1200. The molecule has 34 heavy (non-hydrogen) atoms. The minimum absolute atomic E-state index is 0.0321. The van der Waals surface area contributed by atoms with Gasteiger partial charge in [0.1, 0.15) is 12.3 Å². The number of aliphatic hydroxyl groups excluding tert-OH is 1. The van der Waals surface area contributed by atoms with Crippen molar-refractivity contribution in [1.82, 2.24) is 9.47 Å². The summed E-state index contributed by atoms with van der Waals surface area (Å²) in [5, 5.41) is 10.1. The summed E-state index contributed by atoms with van der Waals surface area (Å²) in [7, 11) is 0. The van der Waals surface area contributed by atoms with Gasteiger partial charge in [0.15, 0.2) is 0 Å². The molecule has 1 aromatic heterocycles. The highest BCUT2D eigenvalue weighted by Crippen LogP contribution is 2.37. The molecule has 1 unspecified atom stereocenters. The molecule has 0 saturated heterocycles. The normalized spacial score (nSPS) is 19.7. The molecule has 0 spiro atoms. The highest BCUT2D eigenvalue weighted by Gasteiger charge is 2.35. The van der Waals surface area contributed by atoms with Crippen LogP contribution in [0.1, 0.15) is 50.1 Å². The molecule has 4 rings (SSSR count). The molecule has 2 heterocycles. The van der Waals surface area contributed by atoms with Crippen LogP contribution in [0.3, 0.4) is 0 Å². The third-order valence-electron chi connectivity index (χ3n) is 6.74. The summed E-state index contributed by atoms with van der Waals surface area (Å²) in [6.07, 6.45) is 4.17. The van der Waals surface area contributed by atoms with Gasteiger partial charge in [-0.25, -0.2) is 0 Å². The van der Waals surface area contributed by atoms with Gasteiger partial charge in [0, 0.05) is 30.9 Å². The third-order valence-corrected chi connectivity index (χ3v) is 6.74. The van der Waals surface area contributed by atoms with E-state index in [0.29, 0.717) is 19.7 Å². The first-order chi connectivity index (χ1) is 16.3. The van der Waals surface area contributed by atoms with E-state index in [-0.39, 0.29) is 11.6 Å². The van der Waals surface area contributed by atoms with Gasteiger partial charge in [-0.15, -0.1) is 0 Å². The number of pyridine rings is 1. The molecule has 1 aliphatic heterocycles. The number of benzene rings is 2. The van der Waals surface area contributed by atoms with Gasteiger partial charge >= 0.3 is 0 Å². The summed E-state index contributed by atoms with van der Waals surface area (Å²) in [5.41, 5.74) is 4.55. The predicted molar refractivity (Wildman–Crippen MR) is 136 cm³/mol. The monoisotopic (exact) mass is 458 g/mol. The van der Waals surface area contributed by atoms with Crippen LogP contribution in [-0.2, 0) is 16.9 Å². The van der Waals surface area contributed by atoms with Crippen molar-refractivity contribution in [2.24, 2.45) is 0 Å². The van der Waals surface area contributed by atoms with Gasteiger partial charge in [-0.2, -0.15) is 0 Å². The van der Waals surface area contributed by atoms with Crippen molar-refractivity contribution >= 4 is 0 Å². The Labute approximate surface area is 201 Å². The fourth-order valence-corrected chi connectivity index (χ4v) is 4.77. The maximum Gasteiger partial charge on any atom is 0.251 e. The Kier molecular flexibility index (Phi) is 7.05. The van der Waals surface area contributed by atoms with E-state index in [2.05, 4.69) is 54.4 Å². The lowest BCUT2D eigenvalue weighted by Gasteiger charge is -2.41. The number of hydrogen-bond acceptors (Lipinski definition) is 4. The molecular formula is C29H34N2O3. The molecule has 178 valence electrons. The number of aryl methyl sites for hydroxylation is 1. The molecule has 5 heteroatoms. The fourth-order valence-electron chi connectivity index (χ4n) is 4.77. The van der Waals surface area contributed by atoms with Gasteiger partial charge in [0.25, 0.3) is 5.56 Å². The summed E-state index contributed by atoms with van der Waals surface area (Å²) in [4.78, 5) is 14.5. The molecule has 5 nitrogen and oxygen atoms in total. The van der Waals surface area contributed by atoms with E-state index in [1.165, 1.54) is 5.56 Å². The average Bonchev–Trinajstić information content (AvgIpc) is 2.84. The number of rotatable bonds is 7. The first kappa shape index (κ1) is 24.0. The van der Waals surface area contributed by atoms with Crippen LogP contribution < -0.4 is 5.56 Å². The van der Waals surface area contributed by atoms with Crippen LogP contribution in [0.5, 0.6) is 0 Å². The highest BCUT2D eigenvalue weighted by atomic mass is 16.5. The molecule has 0 saturated carbocycles. The highest BCUT2D eigenvalue weighted by molar-refractivity contribution is 5.63. The summed E-state index contributed by atoms with van der Waals surface area (Å²) >= 11 is 0. The second-order valence-electron chi connectivity index (χ2n) is 9.18. The van der Waals surface area contributed by atoms with E-state index in [4.69, 9.17) is 4.74 Å². The lowest BCUT2D eigenvalue weighted by atomic mass is 9.87. The largest absolute Gasteiger partial charge is 0.393 e. The van der Waals surface area contributed by atoms with Crippen molar-refractivity contribution in [2.75, 3.05) is 6.73 Å². The minimum atomic E-state index is -0.633. The minimum Gasteiger partial charge on any atom is -0.393 e. The molecule has 1 aliphatic rings. The van der Waals surface area contributed by atoms with E-state index in [0.717, 1.165) is 22.4 Å². The number of nitrogens with zero attached hydrogens (tertiary/aromatic N) is 2. The molecule has 0 fully saturated rings. The molecular weight excluding hydrogens is 424 g/mol. The number of aromatic nitrogens is 1. The van der Waals surface area contributed by atoms with Crippen molar-refractivity contribution in [3.63, 3.8) is 0 Å². The Morgan fingerprint density at radius 2 is 1.74 bits per heavy atom. The maximum atomic E-state index is 12.4. The molecule has 0 aliphatic carbocycles. The second kappa shape index (κ2) is 10.00. The Balaban J connectivity index is 1.54. The first-order valence-electron chi connectivity index (χ1n) is 12.0. The summed E-state index contributed by atoms with van der Waals surface area (Å²) in [6.45, 7) is 9.01. The molecule has 1 N–H and O–H groups in total. The topological polar surface area (TPSA) is 54.7 Å². The van der Waals surface area contributed by atoms with Crippen LogP contribution in [-0.4, -0.2) is 27.4 Å². The fraction of sp³-hybridized carbons (Fsp3) is 0.345.